The van der Waals surface area contributed by atoms with Crippen LogP contribution in [0.3, 0.4) is 0 Å². The van der Waals surface area contributed by atoms with Crippen molar-refractivity contribution < 1.29 is 4.52 Å². The van der Waals surface area contributed by atoms with E-state index in [0.717, 1.165) is 29.4 Å². The Balaban J connectivity index is 1.69. The molecule has 2 N–H and O–H groups in total. The standard InChI is InChI=1S/C13H15N3O/c14-11-3-1-2-10(6-11)8-13-15-12(16-17-13)7-9-4-5-9/h1-3,6,9H,4-5,7-8,14H2. The molecule has 0 bridgehead atoms. The fraction of sp³-hybridized carbons (Fsp3) is 0.385. The predicted molar refractivity (Wildman–Crippen MR) is 64.4 cm³/mol. The number of hydrogen-bond donors (Lipinski definition) is 1. The highest BCUT2D eigenvalue weighted by atomic mass is 16.5. The van der Waals surface area contributed by atoms with E-state index in [2.05, 4.69) is 10.1 Å². The second kappa shape index (κ2) is 4.20. The van der Waals surface area contributed by atoms with Gasteiger partial charge in [0, 0.05) is 12.1 Å². The lowest BCUT2D eigenvalue weighted by atomic mass is 10.1. The van der Waals surface area contributed by atoms with Crippen LogP contribution in [0.2, 0.25) is 0 Å². The maximum absolute atomic E-state index is 5.72. The fourth-order valence-corrected chi connectivity index (χ4v) is 1.90. The van der Waals surface area contributed by atoms with Gasteiger partial charge in [-0.1, -0.05) is 17.3 Å². The molecule has 1 aliphatic carbocycles. The number of hydrogen-bond acceptors (Lipinski definition) is 4. The molecule has 0 amide bonds. The minimum Gasteiger partial charge on any atom is -0.399 e. The maximum Gasteiger partial charge on any atom is 0.231 e. The molecule has 4 heteroatoms. The molecule has 3 rings (SSSR count). The van der Waals surface area contributed by atoms with Gasteiger partial charge in [0.05, 0.1) is 6.42 Å². The Kier molecular flexibility index (Phi) is 2.55. The molecule has 0 radical (unpaired) electrons. The number of aromatic nitrogens is 2. The molecule has 0 unspecified atom stereocenters. The summed E-state index contributed by atoms with van der Waals surface area (Å²) < 4.78 is 5.24. The Labute approximate surface area is 99.8 Å². The molecule has 1 fully saturated rings. The lowest BCUT2D eigenvalue weighted by Crippen LogP contribution is -1.93. The third-order valence-electron chi connectivity index (χ3n) is 2.98. The largest absolute Gasteiger partial charge is 0.399 e. The molecule has 17 heavy (non-hydrogen) atoms. The molecular weight excluding hydrogens is 214 g/mol. The Bertz CT molecular complexity index is 517. The normalized spacial score (nSPS) is 15.1. The molecule has 1 saturated carbocycles. The molecule has 0 spiro atoms. The van der Waals surface area contributed by atoms with Crippen molar-refractivity contribution in [2.75, 3.05) is 5.73 Å². The van der Waals surface area contributed by atoms with Gasteiger partial charge in [-0.05, 0) is 36.5 Å². The number of anilines is 1. The van der Waals surface area contributed by atoms with E-state index < -0.39 is 0 Å². The van der Waals surface area contributed by atoms with E-state index in [1.165, 1.54) is 12.8 Å². The van der Waals surface area contributed by atoms with Crippen LogP contribution in [0.1, 0.15) is 30.1 Å². The first kappa shape index (κ1) is 10.3. The van der Waals surface area contributed by atoms with Crippen molar-refractivity contribution in [2.24, 2.45) is 5.92 Å². The van der Waals surface area contributed by atoms with Crippen molar-refractivity contribution in [3.05, 3.63) is 41.5 Å². The number of nitrogen functional groups attached to an aromatic ring is 1. The summed E-state index contributed by atoms with van der Waals surface area (Å²) in [6.07, 6.45) is 4.22. The average Bonchev–Trinajstić information content (AvgIpc) is 2.99. The van der Waals surface area contributed by atoms with E-state index in [9.17, 15) is 0 Å². The predicted octanol–water partition coefficient (Wildman–Crippen LogP) is 2.20. The van der Waals surface area contributed by atoms with Gasteiger partial charge in [0.25, 0.3) is 0 Å². The molecule has 4 nitrogen and oxygen atoms in total. The highest BCUT2D eigenvalue weighted by Crippen LogP contribution is 2.31. The summed E-state index contributed by atoms with van der Waals surface area (Å²) in [4.78, 5) is 4.40. The van der Waals surface area contributed by atoms with Crippen molar-refractivity contribution in [3.63, 3.8) is 0 Å². The second-order valence-corrected chi connectivity index (χ2v) is 4.67. The lowest BCUT2D eigenvalue weighted by Gasteiger charge is -1.97. The molecular formula is C13H15N3O. The van der Waals surface area contributed by atoms with Gasteiger partial charge in [-0.2, -0.15) is 4.98 Å². The van der Waals surface area contributed by atoms with Crippen molar-refractivity contribution in [3.8, 4) is 0 Å². The van der Waals surface area contributed by atoms with Crippen LogP contribution in [0.15, 0.2) is 28.8 Å². The Morgan fingerprint density at radius 2 is 2.24 bits per heavy atom. The van der Waals surface area contributed by atoms with E-state index in [0.29, 0.717) is 12.3 Å². The average molecular weight is 229 g/mol. The van der Waals surface area contributed by atoms with Crippen molar-refractivity contribution in [1.29, 1.82) is 0 Å². The summed E-state index contributed by atoms with van der Waals surface area (Å²) in [6, 6.07) is 7.76. The van der Waals surface area contributed by atoms with Crippen LogP contribution >= 0.6 is 0 Å². The number of nitrogens with two attached hydrogens (primary N) is 1. The zero-order chi connectivity index (χ0) is 11.7. The summed E-state index contributed by atoms with van der Waals surface area (Å²) in [5.74, 6) is 2.30. The zero-order valence-corrected chi connectivity index (χ0v) is 9.60. The molecule has 88 valence electrons. The molecule has 0 saturated heterocycles. The lowest BCUT2D eigenvalue weighted by molar-refractivity contribution is 0.378. The maximum atomic E-state index is 5.72. The first-order valence-corrected chi connectivity index (χ1v) is 5.95. The van der Waals surface area contributed by atoms with E-state index in [4.69, 9.17) is 10.3 Å². The Morgan fingerprint density at radius 1 is 1.35 bits per heavy atom. The second-order valence-electron chi connectivity index (χ2n) is 4.67. The van der Waals surface area contributed by atoms with Crippen LogP contribution in [0.5, 0.6) is 0 Å². The first-order chi connectivity index (χ1) is 8.29. The van der Waals surface area contributed by atoms with Crippen LogP contribution in [0.4, 0.5) is 5.69 Å². The summed E-state index contributed by atoms with van der Waals surface area (Å²) in [5, 5.41) is 4.00. The third kappa shape index (κ3) is 2.64. The molecule has 1 aliphatic rings. The summed E-state index contributed by atoms with van der Waals surface area (Å²) in [5.41, 5.74) is 7.59. The number of rotatable bonds is 4. The van der Waals surface area contributed by atoms with Crippen LogP contribution in [0.25, 0.3) is 0 Å². The van der Waals surface area contributed by atoms with Gasteiger partial charge in [0.2, 0.25) is 5.89 Å². The molecule has 1 aromatic carbocycles. The van der Waals surface area contributed by atoms with Gasteiger partial charge >= 0.3 is 0 Å². The van der Waals surface area contributed by atoms with Crippen LogP contribution < -0.4 is 5.73 Å². The van der Waals surface area contributed by atoms with Crippen molar-refractivity contribution in [2.45, 2.75) is 25.7 Å². The van der Waals surface area contributed by atoms with Crippen molar-refractivity contribution >= 4 is 5.69 Å². The van der Waals surface area contributed by atoms with Crippen molar-refractivity contribution in [1.82, 2.24) is 10.1 Å². The first-order valence-electron chi connectivity index (χ1n) is 5.95. The van der Waals surface area contributed by atoms with Crippen LogP contribution in [-0.2, 0) is 12.8 Å². The molecule has 1 heterocycles. The van der Waals surface area contributed by atoms with Crippen LogP contribution in [-0.4, -0.2) is 10.1 Å². The zero-order valence-electron chi connectivity index (χ0n) is 9.60. The summed E-state index contributed by atoms with van der Waals surface area (Å²) >= 11 is 0. The SMILES string of the molecule is Nc1cccc(Cc2nc(CC3CC3)no2)c1. The molecule has 0 aliphatic heterocycles. The Morgan fingerprint density at radius 3 is 3.00 bits per heavy atom. The monoisotopic (exact) mass is 229 g/mol. The summed E-state index contributed by atoms with van der Waals surface area (Å²) in [6.45, 7) is 0. The van der Waals surface area contributed by atoms with Gasteiger partial charge in [-0.15, -0.1) is 0 Å². The van der Waals surface area contributed by atoms with E-state index in [-0.39, 0.29) is 0 Å². The smallest absolute Gasteiger partial charge is 0.231 e. The van der Waals surface area contributed by atoms with Gasteiger partial charge in [0.1, 0.15) is 0 Å². The highest BCUT2D eigenvalue weighted by Gasteiger charge is 2.23. The van der Waals surface area contributed by atoms with Gasteiger partial charge in [-0.3, -0.25) is 0 Å². The molecule has 0 atom stereocenters. The van der Waals surface area contributed by atoms with Gasteiger partial charge in [0.15, 0.2) is 5.82 Å². The highest BCUT2D eigenvalue weighted by molar-refractivity contribution is 5.41. The quantitative estimate of drug-likeness (QED) is 0.816. The van der Waals surface area contributed by atoms with E-state index in [1.807, 2.05) is 24.3 Å². The molecule has 1 aromatic heterocycles. The van der Waals surface area contributed by atoms with Gasteiger partial charge in [-0.25, -0.2) is 0 Å². The van der Waals surface area contributed by atoms with E-state index in [1.54, 1.807) is 0 Å². The topological polar surface area (TPSA) is 64.9 Å². The van der Waals surface area contributed by atoms with Crippen LogP contribution in [0, 0.1) is 5.92 Å². The summed E-state index contributed by atoms with van der Waals surface area (Å²) in [7, 11) is 0. The minimum absolute atomic E-state index is 0.655. The van der Waals surface area contributed by atoms with E-state index >= 15 is 0 Å². The number of benzene rings is 1. The third-order valence-corrected chi connectivity index (χ3v) is 2.98. The van der Waals surface area contributed by atoms with Gasteiger partial charge < -0.3 is 10.3 Å². The number of nitrogens with zero attached hydrogens (tertiary/aromatic N) is 2. The molecule has 2 aromatic rings. The fourth-order valence-electron chi connectivity index (χ4n) is 1.90. The minimum atomic E-state index is 0.655. The Hall–Kier alpha value is -1.84.